The standard InChI is InChI=1S/C7H15NS/c1-3-4-5-7(2)8-6-9/h6-7H,3-5H2,1-2H3,(H,8,9). The monoisotopic (exact) mass is 145 g/mol. The molecule has 0 bridgehead atoms. The predicted molar refractivity (Wildman–Crippen MR) is 45.8 cm³/mol. The third kappa shape index (κ3) is 5.77. The van der Waals surface area contributed by atoms with Gasteiger partial charge in [-0.3, -0.25) is 0 Å². The van der Waals surface area contributed by atoms with E-state index in [-0.39, 0.29) is 0 Å². The van der Waals surface area contributed by atoms with Gasteiger partial charge in [0.1, 0.15) is 0 Å². The second kappa shape index (κ2) is 6.02. The zero-order valence-corrected chi connectivity index (χ0v) is 7.00. The molecule has 0 saturated heterocycles. The first kappa shape index (κ1) is 8.89. The molecule has 0 aliphatic rings. The fourth-order valence-electron chi connectivity index (χ4n) is 0.710. The highest BCUT2D eigenvalue weighted by Crippen LogP contribution is 1.97. The van der Waals surface area contributed by atoms with Gasteiger partial charge in [0, 0.05) is 6.04 Å². The molecule has 0 saturated carbocycles. The molecule has 0 aromatic carbocycles. The average molecular weight is 145 g/mol. The normalized spacial score (nSPS) is 12.7. The molecular weight excluding hydrogens is 130 g/mol. The van der Waals surface area contributed by atoms with Crippen molar-refractivity contribution in [2.45, 2.75) is 39.2 Å². The van der Waals surface area contributed by atoms with Crippen LogP contribution in [0.1, 0.15) is 33.1 Å². The molecular formula is C7H15NS. The van der Waals surface area contributed by atoms with Crippen molar-refractivity contribution in [3.05, 3.63) is 0 Å². The molecule has 0 radical (unpaired) electrons. The van der Waals surface area contributed by atoms with Gasteiger partial charge < -0.3 is 5.32 Å². The summed E-state index contributed by atoms with van der Waals surface area (Å²) in [4.78, 5) is 0. The fourth-order valence-corrected chi connectivity index (χ4v) is 0.942. The van der Waals surface area contributed by atoms with Gasteiger partial charge in [-0.05, 0) is 13.3 Å². The minimum absolute atomic E-state index is 0.558. The van der Waals surface area contributed by atoms with Crippen LogP contribution in [0.25, 0.3) is 0 Å². The number of nitrogens with one attached hydrogen (secondary N) is 1. The Bertz CT molecular complexity index is 73.3. The molecule has 0 aliphatic heterocycles. The molecule has 0 rings (SSSR count). The molecule has 9 heavy (non-hydrogen) atoms. The van der Waals surface area contributed by atoms with Crippen LogP contribution in [-0.2, 0) is 0 Å². The lowest BCUT2D eigenvalue weighted by molar-refractivity contribution is 0.577. The number of thiocarbonyl (C=S) groups is 1. The number of unbranched alkanes of at least 4 members (excludes halogenated alkanes) is 1. The van der Waals surface area contributed by atoms with Gasteiger partial charge in [-0.2, -0.15) is 0 Å². The summed E-state index contributed by atoms with van der Waals surface area (Å²) in [5.41, 5.74) is 1.60. The molecule has 0 spiro atoms. The number of rotatable bonds is 5. The molecule has 1 unspecified atom stereocenters. The highest BCUT2D eigenvalue weighted by molar-refractivity contribution is 7.78. The lowest BCUT2D eigenvalue weighted by Crippen LogP contribution is -2.22. The van der Waals surface area contributed by atoms with E-state index in [1.807, 2.05) is 0 Å². The lowest BCUT2D eigenvalue weighted by atomic mass is 10.1. The van der Waals surface area contributed by atoms with Gasteiger partial charge in [0.15, 0.2) is 0 Å². The van der Waals surface area contributed by atoms with Crippen LogP contribution < -0.4 is 5.32 Å². The van der Waals surface area contributed by atoms with Crippen molar-refractivity contribution in [1.29, 1.82) is 0 Å². The van der Waals surface area contributed by atoms with E-state index in [2.05, 4.69) is 31.4 Å². The third-order valence-corrected chi connectivity index (χ3v) is 1.48. The molecule has 1 atom stereocenters. The first-order chi connectivity index (χ1) is 4.31. The van der Waals surface area contributed by atoms with Crippen LogP contribution in [0, 0.1) is 0 Å². The van der Waals surface area contributed by atoms with Crippen LogP contribution in [0.5, 0.6) is 0 Å². The predicted octanol–water partition coefficient (Wildman–Crippen LogP) is 2.11. The lowest BCUT2D eigenvalue weighted by Gasteiger charge is -2.08. The Labute approximate surface area is 62.8 Å². The van der Waals surface area contributed by atoms with Gasteiger partial charge in [0.05, 0.1) is 5.49 Å². The Balaban J connectivity index is 3.04. The maximum absolute atomic E-state index is 4.64. The molecule has 2 heteroatoms. The SMILES string of the molecule is CCCCC(C)NC=S. The summed E-state index contributed by atoms with van der Waals surface area (Å²) in [6.45, 7) is 4.35. The Hall–Kier alpha value is -0.110. The zero-order valence-electron chi connectivity index (χ0n) is 6.18. The Morgan fingerprint density at radius 2 is 2.33 bits per heavy atom. The van der Waals surface area contributed by atoms with Gasteiger partial charge in [-0.25, -0.2) is 0 Å². The quantitative estimate of drug-likeness (QED) is 0.595. The van der Waals surface area contributed by atoms with Crippen molar-refractivity contribution in [3.63, 3.8) is 0 Å². The average Bonchev–Trinajstić information content (AvgIpc) is 1.85. The molecule has 0 amide bonds. The molecule has 0 heterocycles. The summed E-state index contributed by atoms with van der Waals surface area (Å²) in [6.07, 6.45) is 3.78. The first-order valence-corrected chi connectivity index (χ1v) is 3.98. The topological polar surface area (TPSA) is 12.0 Å². The van der Waals surface area contributed by atoms with Gasteiger partial charge in [-0.1, -0.05) is 32.0 Å². The van der Waals surface area contributed by atoms with Crippen LogP contribution in [0.3, 0.4) is 0 Å². The van der Waals surface area contributed by atoms with Gasteiger partial charge in [-0.15, -0.1) is 0 Å². The zero-order chi connectivity index (χ0) is 7.11. The summed E-state index contributed by atoms with van der Waals surface area (Å²) in [5.74, 6) is 0. The summed E-state index contributed by atoms with van der Waals surface area (Å²) < 4.78 is 0. The highest BCUT2D eigenvalue weighted by Gasteiger charge is 1.94. The van der Waals surface area contributed by atoms with Crippen LogP contribution in [-0.4, -0.2) is 11.5 Å². The summed E-state index contributed by atoms with van der Waals surface area (Å²) in [7, 11) is 0. The summed E-state index contributed by atoms with van der Waals surface area (Å²) >= 11 is 4.64. The highest BCUT2D eigenvalue weighted by atomic mass is 32.1. The van der Waals surface area contributed by atoms with Crippen molar-refractivity contribution in [1.82, 2.24) is 5.32 Å². The van der Waals surface area contributed by atoms with E-state index in [9.17, 15) is 0 Å². The second-order valence-electron chi connectivity index (χ2n) is 2.33. The van der Waals surface area contributed by atoms with Crippen LogP contribution in [0.15, 0.2) is 0 Å². The van der Waals surface area contributed by atoms with E-state index in [1.54, 1.807) is 5.49 Å². The molecule has 1 nitrogen and oxygen atoms in total. The van der Waals surface area contributed by atoms with E-state index in [0.717, 1.165) is 0 Å². The molecule has 1 N–H and O–H groups in total. The molecule has 0 aromatic rings. The number of hydrogen-bond acceptors (Lipinski definition) is 1. The van der Waals surface area contributed by atoms with Crippen LogP contribution in [0.4, 0.5) is 0 Å². The first-order valence-electron chi connectivity index (χ1n) is 3.51. The van der Waals surface area contributed by atoms with Crippen molar-refractivity contribution < 1.29 is 0 Å². The maximum atomic E-state index is 4.64. The van der Waals surface area contributed by atoms with E-state index >= 15 is 0 Å². The Kier molecular flexibility index (Phi) is 5.94. The van der Waals surface area contributed by atoms with Crippen LogP contribution in [0.2, 0.25) is 0 Å². The summed E-state index contributed by atoms with van der Waals surface area (Å²) in [6, 6.07) is 0.558. The minimum Gasteiger partial charge on any atom is -0.380 e. The smallest absolute Gasteiger partial charge is 0.0616 e. The van der Waals surface area contributed by atoms with Gasteiger partial charge in [0.2, 0.25) is 0 Å². The van der Waals surface area contributed by atoms with Gasteiger partial charge >= 0.3 is 0 Å². The van der Waals surface area contributed by atoms with Crippen LogP contribution >= 0.6 is 12.2 Å². The fraction of sp³-hybridized carbons (Fsp3) is 0.857. The van der Waals surface area contributed by atoms with Crippen molar-refractivity contribution in [2.75, 3.05) is 0 Å². The van der Waals surface area contributed by atoms with Crippen molar-refractivity contribution >= 4 is 17.7 Å². The van der Waals surface area contributed by atoms with E-state index in [1.165, 1.54) is 19.3 Å². The molecule has 0 fully saturated rings. The van der Waals surface area contributed by atoms with Gasteiger partial charge in [0.25, 0.3) is 0 Å². The molecule has 0 aliphatic carbocycles. The van der Waals surface area contributed by atoms with E-state index < -0.39 is 0 Å². The molecule has 54 valence electrons. The maximum Gasteiger partial charge on any atom is 0.0616 e. The van der Waals surface area contributed by atoms with E-state index in [4.69, 9.17) is 0 Å². The van der Waals surface area contributed by atoms with E-state index in [0.29, 0.717) is 6.04 Å². The summed E-state index contributed by atoms with van der Waals surface area (Å²) in [5, 5.41) is 3.07. The second-order valence-corrected chi connectivity index (χ2v) is 2.56. The third-order valence-electron chi connectivity index (χ3n) is 1.34. The number of hydrogen-bond donors (Lipinski definition) is 1. The minimum atomic E-state index is 0.558. The van der Waals surface area contributed by atoms with Crippen molar-refractivity contribution in [3.8, 4) is 0 Å². The molecule has 0 aromatic heterocycles. The largest absolute Gasteiger partial charge is 0.380 e. The Morgan fingerprint density at radius 3 is 2.78 bits per heavy atom. The van der Waals surface area contributed by atoms with Crippen molar-refractivity contribution in [2.24, 2.45) is 0 Å². The Morgan fingerprint density at radius 1 is 1.67 bits per heavy atom.